The van der Waals surface area contributed by atoms with Crippen LogP contribution in [0.1, 0.15) is 25.8 Å². The lowest BCUT2D eigenvalue weighted by Gasteiger charge is -2.21. The number of hydrogen-bond acceptors (Lipinski definition) is 3. The summed E-state index contributed by atoms with van der Waals surface area (Å²) in [7, 11) is -3.47. The number of rotatable bonds is 2. The maximum absolute atomic E-state index is 12.5. The van der Waals surface area contributed by atoms with Crippen molar-refractivity contribution in [2.24, 2.45) is 5.92 Å². The van der Waals surface area contributed by atoms with Gasteiger partial charge in [0.1, 0.15) is 0 Å². The quantitative estimate of drug-likeness (QED) is 0.820. The van der Waals surface area contributed by atoms with Gasteiger partial charge in [-0.2, -0.15) is 9.57 Å². The molecular formula is C13H16N2O2S. The third-order valence-corrected chi connectivity index (χ3v) is 5.27. The van der Waals surface area contributed by atoms with Crippen molar-refractivity contribution in [1.82, 2.24) is 4.31 Å². The number of nitrogens with zero attached hydrogens (tertiary/aromatic N) is 2. The van der Waals surface area contributed by atoms with Gasteiger partial charge < -0.3 is 0 Å². The van der Waals surface area contributed by atoms with Crippen LogP contribution in [0.2, 0.25) is 0 Å². The Hall–Kier alpha value is -1.38. The molecular weight excluding hydrogens is 248 g/mol. The minimum atomic E-state index is -3.47. The van der Waals surface area contributed by atoms with Gasteiger partial charge in [-0.25, -0.2) is 8.42 Å². The lowest BCUT2D eigenvalue weighted by atomic mass is 10.1. The third kappa shape index (κ3) is 2.26. The summed E-state index contributed by atoms with van der Waals surface area (Å²) in [5.41, 5.74) is 0.371. The summed E-state index contributed by atoms with van der Waals surface area (Å²) in [5.74, 6) is 0.383. The molecule has 2 rings (SSSR count). The second kappa shape index (κ2) is 4.71. The van der Waals surface area contributed by atoms with Crippen molar-refractivity contribution in [1.29, 1.82) is 5.26 Å². The second-order valence-electron chi connectivity index (χ2n) is 4.90. The van der Waals surface area contributed by atoms with Gasteiger partial charge in [-0.3, -0.25) is 0 Å². The molecule has 0 radical (unpaired) electrons. The molecule has 1 saturated heterocycles. The first kappa shape index (κ1) is 13.1. The van der Waals surface area contributed by atoms with Crippen molar-refractivity contribution in [2.45, 2.75) is 31.2 Å². The van der Waals surface area contributed by atoms with E-state index in [9.17, 15) is 8.42 Å². The molecule has 0 spiro atoms. The monoisotopic (exact) mass is 264 g/mol. The number of hydrogen-bond donors (Lipinski definition) is 0. The van der Waals surface area contributed by atoms with Crippen LogP contribution in [0.25, 0.3) is 0 Å². The summed E-state index contributed by atoms with van der Waals surface area (Å²) >= 11 is 0. The molecule has 1 aliphatic heterocycles. The summed E-state index contributed by atoms with van der Waals surface area (Å²) in [6.07, 6.45) is 0.886. The molecule has 4 nitrogen and oxygen atoms in total. The Bertz CT molecular complexity index is 589. The zero-order chi connectivity index (χ0) is 13.3. The van der Waals surface area contributed by atoms with Gasteiger partial charge in [0.15, 0.2) is 0 Å². The van der Waals surface area contributed by atoms with E-state index in [0.29, 0.717) is 18.0 Å². The van der Waals surface area contributed by atoms with Crippen LogP contribution in [0, 0.1) is 17.2 Å². The second-order valence-corrected chi connectivity index (χ2v) is 6.79. The highest BCUT2D eigenvalue weighted by atomic mass is 32.2. The van der Waals surface area contributed by atoms with E-state index in [-0.39, 0.29) is 10.9 Å². The van der Waals surface area contributed by atoms with Crippen LogP contribution >= 0.6 is 0 Å². The van der Waals surface area contributed by atoms with E-state index in [2.05, 4.69) is 6.92 Å². The zero-order valence-corrected chi connectivity index (χ0v) is 11.3. The SMILES string of the molecule is CC1CC(C)N(S(=O)(=O)c2cccc(C#N)c2)C1. The Morgan fingerprint density at radius 2 is 2.11 bits per heavy atom. The zero-order valence-electron chi connectivity index (χ0n) is 10.5. The van der Waals surface area contributed by atoms with Gasteiger partial charge in [0.2, 0.25) is 10.0 Å². The van der Waals surface area contributed by atoms with Crippen LogP contribution in [0.15, 0.2) is 29.2 Å². The van der Waals surface area contributed by atoms with E-state index >= 15 is 0 Å². The Morgan fingerprint density at radius 3 is 2.67 bits per heavy atom. The van der Waals surface area contributed by atoms with E-state index in [1.165, 1.54) is 10.4 Å². The molecule has 18 heavy (non-hydrogen) atoms. The largest absolute Gasteiger partial charge is 0.243 e. The molecule has 0 bridgehead atoms. The molecule has 2 unspecified atom stereocenters. The summed E-state index contributed by atoms with van der Waals surface area (Å²) in [6, 6.07) is 8.19. The van der Waals surface area contributed by atoms with Gasteiger partial charge in [0.05, 0.1) is 16.5 Å². The summed E-state index contributed by atoms with van der Waals surface area (Å²) < 4.78 is 26.5. The molecule has 0 N–H and O–H groups in total. The first-order valence-electron chi connectivity index (χ1n) is 5.97. The fourth-order valence-electron chi connectivity index (χ4n) is 2.46. The van der Waals surface area contributed by atoms with E-state index in [1.54, 1.807) is 18.2 Å². The summed E-state index contributed by atoms with van der Waals surface area (Å²) in [6.45, 7) is 4.53. The highest BCUT2D eigenvalue weighted by Gasteiger charge is 2.35. The van der Waals surface area contributed by atoms with Crippen LogP contribution in [-0.2, 0) is 10.0 Å². The van der Waals surface area contributed by atoms with Gasteiger partial charge in [-0.15, -0.1) is 0 Å². The predicted molar refractivity (Wildman–Crippen MR) is 68.3 cm³/mol. The van der Waals surface area contributed by atoms with Crippen LogP contribution in [0.5, 0.6) is 0 Å². The van der Waals surface area contributed by atoms with Crippen molar-refractivity contribution in [3.05, 3.63) is 29.8 Å². The average molecular weight is 264 g/mol. The van der Waals surface area contributed by atoms with Crippen LogP contribution in [-0.4, -0.2) is 25.3 Å². The van der Waals surface area contributed by atoms with Gasteiger partial charge in [-0.05, 0) is 37.5 Å². The van der Waals surface area contributed by atoms with Gasteiger partial charge in [0.25, 0.3) is 0 Å². The van der Waals surface area contributed by atoms with E-state index in [0.717, 1.165) is 6.42 Å². The van der Waals surface area contributed by atoms with E-state index in [1.807, 2.05) is 13.0 Å². The highest BCUT2D eigenvalue weighted by molar-refractivity contribution is 7.89. The average Bonchev–Trinajstić information content (AvgIpc) is 2.69. The molecule has 2 atom stereocenters. The molecule has 1 fully saturated rings. The smallest absolute Gasteiger partial charge is 0.207 e. The summed E-state index contributed by atoms with van der Waals surface area (Å²) in [4.78, 5) is 0.211. The van der Waals surface area contributed by atoms with E-state index < -0.39 is 10.0 Å². The normalized spacial score (nSPS) is 24.9. The molecule has 0 amide bonds. The van der Waals surface area contributed by atoms with Gasteiger partial charge in [-0.1, -0.05) is 13.0 Å². The number of benzene rings is 1. The molecule has 5 heteroatoms. The fourth-order valence-corrected chi connectivity index (χ4v) is 4.27. The third-order valence-electron chi connectivity index (χ3n) is 3.30. The molecule has 0 aliphatic carbocycles. The van der Waals surface area contributed by atoms with Crippen LogP contribution in [0.4, 0.5) is 0 Å². The van der Waals surface area contributed by atoms with Crippen molar-refractivity contribution in [3.63, 3.8) is 0 Å². The Balaban J connectivity index is 2.40. The van der Waals surface area contributed by atoms with Crippen LogP contribution in [0.3, 0.4) is 0 Å². The Morgan fingerprint density at radius 1 is 1.39 bits per heavy atom. The fraction of sp³-hybridized carbons (Fsp3) is 0.462. The topological polar surface area (TPSA) is 61.2 Å². The molecule has 96 valence electrons. The van der Waals surface area contributed by atoms with E-state index in [4.69, 9.17) is 5.26 Å². The molecule has 1 heterocycles. The van der Waals surface area contributed by atoms with Crippen molar-refractivity contribution < 1.29 is 8.42 Å². The Kier molecular flexibility index (Phi) is 3.42. The molecule has 0 aromatic heterocycles. The molecule has 1 aliphatic rings. The van der Waals surface area contributed by atoms with Gasteiger partial charge >= 0.3 is 0 Å². The molecule has 0 saturated carbocycles. The first-order chi connectivity index (χ1) is 8.45. The predicted octanol–water partition coefficient (Wildman–Crippen LogP) is 1.98. The number of sulfonamides is 1. The first-order valence-corrected chi connectivity index (χ1v) is 7.41. The number of nitriles is 1. The van der Waals surface area contributed by atoms with Crippen molar-refractivity contribution in [2.75, 3.05) is 6.54 Å². The lowest BCUT2D eigenvalue weighted by Crippen LogP contribution is -2.34. The Labute approximate surface area is 108 Å². The van der Waals surface area contributed by atoms with Crippen molar-refractivity contribution in [3.8, 4) is 6.07 Å². The molecule has 1 aromatic rings. The minimum absolute atomic E-state index is 0.0238. The van der Waals surface area contributed by atoms with Crippen molar-refractivity contribution >= 4 is 10.0 Å². The summed E-state index contributed by atoms with van der Waals surface area (Å²) in [5, 5.41) is 8.83. The molecule has 1 aromatic carbocycles. The maximum atomic E-state index is 12.5. The minimum Gasteiger partial charge on any atom is -0.207 e. The maximum Gasteiger partial charge on any atom is 0.243 e. The lowest BCUT2D eigenvalue weighted by molar-refractivity contribution is 0.405. The van der Waals surface area contributed by atoms with Crippen LogP contribution < -0.4 is 0 Å². The van der Waals surface area contributed by atoms with Gasteiger partial charge in [0, 0.05) is 12.6 Å². The standard InChI is InChI=1S/C13H16N2O2S/c1-10-6-11(2)15(9-10)18(16,17)13-5-3-4-12(7-13)8-14/h3-5,7,10-11H,6,9H2,1-2H3. The highest BCUT2D eigenvalue weighted by Crippen LogP contribution is 2.29.